The molecule has 1 rings (SSSR count). The fourth-order valence-corrected chi connectivity index (χ4v) is 1.56. The molecule has 1 amide bonds. The Labute approximate surface area is 109 Å². The van der Waals surface area contributed by atoms with Crippen LogP contribution in [0.1, 0.15) is 13.3 Å². The van der Waals surface area contributed by atoms with E-state index in [2.05, 4.69) is 15.3 Å². The molecular weight excluding hydrogens is 265 g/mol. The van der Waals surface area contributed by atoms with Gasteiger partial charge in [-0.05, 0) is 5.92 Å². The van der Waals surface area contributed by atoms with Gasteiger partial charge in [0.05, 0.1) is 0 Å². The second-order valence-electron chi connectivity index (χ2n) is 3.64. The van der Waals surface area contributed by atoms with Crippen LogP contribution in [0.3, 0.4) is 0 Å². The average molecular weight is 278 g/mol. The third-order valence-corrected chi connectivity index (χ3v) is 2.73. The van der Waals surface area contributed by atoms with Crippen molar-refractivity contribution >= 4 is 34.9 Å². The maximum Gasteiger partial charge on any atom is 0.225 e. The molecule has 0 aliphatic rings. The number of ether oxygens (including phenoxy) is 1. The number of carbonyl (C=O) groups excluding carboxylic acids is 1. The summed E-state index contributed by atoms with van der Waals surface area (Å²) in [5.41, 5.74) is 0. The molecule has 0 aliphatic heterocycles. The molecule has 1 N–H and O–H groups in total. The van der Waals surface area contributed by atoms with Gasteiger partial charge in [0.1, 0.15) is 11.3 Å². The van der Waals surface area contributed by atoms with E-state index in [0.717, 1.165) is 0 Å². The molecule has 1 heterocycles. The summed E-state index contributed by atoms with van der Waals surface area (Å²) in [6, 6.07) is 0. The third kappa shape index (κ3) is 4.46. The molecule has 0 bridgehead atoms. The Bertz CT molecular complexity index is 401. The number of rotatable bonds is 5. The molecular formula is C10H13Cl2N3O2. The summed E-state index contributed by atoms with van der Waals surface area (Å²) in [5.74, 6) is 0.156. The molecule has 0 spiro atoms. The van der Waals surface area contributed by atoms with Crippen molar-refractivity contribution in [1.29, 1.82) is 0 Å². The Hall–Kier alpha value is -0.910. The van der Waals surface area contributed by atoms with E-state index in [1.807, 2.05) is 6.92 Å². The molecule has 17 heavy (non-hydrogen) atoms. The SMILES string of the molecule is COCC(C)CC(=O)Nc1ncnc(Cl)c1Cl. The zero-order chi connectivity index (χ0) is 12.8. The van der Waals surface area contributed by atoms with Crippen LogP contribution in [0.2, 0.25) is 10.2 Å². The van der Waals surface area contributed by atoms with Gasteiger partial charge < -0.3 is 10.1 Å². The van der Waals surface area contributed by atoms with E-state index in [-0.39, 0.29) is 27.8 Å². The molecule has 1 aromatic heterocycles. The van der Waals surface area contributed by atoms with Crippen LogP contribution in [0.15, 0.2) is 6.33 Å². The van der Waals surface area contributed by atoms with Crippen LogP contribution in [0.25, 0.3) is 0 Å². The first-order chi connectivity index (χ1) is 8.04. The largest absolute Gasteiger partial charge is 0.384 e. The minimum absolute atomic E-state index is 0.113. The predicted molar refractivity (Wildman–Crippen MR) is 66.3 cm³/mol. The number of nitrogens with zero attached hydrogens (tertiary/aromatic N) is 2. The first-order valence-corrected chi connectivity index (χ1v) is 5.75. The highest BCUT2D eigenvalue weighted by atomic mass is 35.5. The van der Waals surface area contributed by atoms with Crippen LogP contribution in [0.4, 0.5) is 5.82 Å². The molecule has 7 heteroatoms. The maximum atomic E-state index is 11.6. The van der Waals surface area contributed by atoms with Crippen molar-refractivity contribution in [2.45, 2.75) is 13.3 Å². The number of anilines is 1. The van der Waals surface area contributed by atoms with Crippen LogP contribution in [-0.4, -0.2) is 29.6 Å². The highest BCUT2D eigenvalue weighted by molar-refractivity contribution is 6.42. The van der Waals surface area contributed by atoms with Crippen molar-refractivity contribution in [2.75, 3.05) is 19.0 Å². The number of methoxy groups -OCH3 is 1. The van der Waals surface area contributed by atoms with E-state index in [4.69, 9.17) is 27.9 Å². The molecule has 94 valence electrons. The standard InChI is InChI=1S/C10H13Cl2N3O2/c1-6(4-17-2)3-7(16)15-10-8(11)9(12)13-5-14-10/h5-6H,3-4H2,1-2H3,(H,13,14,15,16). The van der Waals surface area contributed by atoms with E-state index in [9.17, 15) is 4.79 Å². The molecule has 5 nitrogen and oxygen atoms in total. The van der Waals surface area contributed by atoms with E-state index < -0.39 is 0 Å². The van der Waals surface area contributed by atoms with Crippen LogP contribution < -0.4 is 5.32 Å². The lowest BCUT2D eigenvalue weighted by Crippen LogP contribution is -2.18. The van der Waals surface area contributed by atoms with Crippen LogP contribution >= 0.6 is 23.2 Å². The molecule has 1 aromatic rings. The van der Waals surface area contributed by atoms with Gasteiger partial charge in [-0.2, -0.15) is 0 Å². The minimum atomic E-state index is -0.189. The highest BCUT2D eigenvalue weighted by Crippen LogP contribution is 2.25. The summed E-state index contributed by atoms with van der Waals surface area (Å²) >= 11 is 11.5. The number of carbonyl (C=O) groups is 1. The number of halogens is 2. The lowest BCUT2D eigenvalue weighted by Gasteiger charge is -2.10. The molecule has 0 aliphatic carbocycles. The molecule has 0 aromatic carbocycles. The van der Waals surface area contributed by atoms with Crippen LogP contribution in [-0.2, 0) is 9.53 Å². The van der Waals surface area contributed by atoms with Gasteiger partial charge in [-0.25, -0.2) is 9.97 Å². The first-order valence-electron chi connectivity index (χ1n) is 4.99. The number of amides is 1. The van der Waals surface area contributed by atoms with E-state index >= 15 is 0 Å². The number of hydrogen-bond acceptors (Lipinski definition) is 4. The predicted octanol–water partition coefficient (Wildman–Crippen LogP) is 2.39. The smallest absolute Gasteiger partial charge is 0.225 e. The summed E-state index contributed by atoms with van der Waals surface area (Å²) in [6.07, 6.45) is 1.56. The van der Waals surface area contributed by atoms with Crippen LogP contribution in [0.5, 0.6) is 0 Å². The second-order valence-corrected chi connectivity index (χ2v) is 4.38. The number of nitrogens with one attached hydrogen (secondary N) is 1. The zero-order valence-electron chi connectivity index (χ0n) is 9.54. The molecule has 1 atom stereocenters. The summed E-state index contributed by atoms with van der Waals surface area (Å²) in [5, 5.41) is 2.83. The van der Waals surface area contributed by atoms with E-state index in [1.54, 1.807) is 7.11 Å². The van der Waals surface area contributed by atoms with Gasteiger partial charge in [0.25, 0.3) is 0 Å². The first kappa shape index (κ1) is 14.2. The lowest BCUT2D eigenvalue weighted by atomic mass is 10.1. The van der Waals surface area contributed by atoms with Crippen molar-refractivity contribution in [2.24, 2.45) is 5.92 Å². The maximum absolute atomic E-state index is 11.6. The Morgan fingerprint density at radius 3 is 2.88 bits per heavy atom. The van der Waals surface area contributed by atoms with E-state index in [1.165, 1.54) is 6.33 Å². The summed E-state index contributed by atoms with van der Waals surface area (Å²) in [7, 11) is 1.59. The fraction of sp³-hybridized carbons (Fsp3) is 0.500. The molecule has 0 fully saturated rings. The van der Waals surface area contributed by atoms with Gasteiger partial charge in [-0.3, -0.25) is 4.79 Å². The Kier molecular flexibility index (Phi) is 5.61. The normalized spacial score (nSPS) is 12.2. The van der Waals surface area contributed by atoms with Crippen LogP contribution in [0, 0.1) is 5.92 Å². The average Bonchev–Trinajstić information content (AvgIpc) is 2.25. The Morgan fingerprint density at radius 2 is 2.24 bits per heavy atom. The lowest BCUT2D eigenvalue weighted by molar-refractivity contribution is -0.117. The molecule has 0 saturated carbocycles. The van der Waals surface area contributed by atoms with Crippen molar-refractivity contribution in [3.8, 4) is 0 Å². The summed E-state index contributed by atoms with van der Waals surface area (Å²) in [4.78, 5) is 19.2. The minimum Gasteiger partial charge on any atom is -0.384 e. The van der Waals surface area contributed by atoms with Gasteiger partial charge in [0, 0.05) is 20.1 Å². The van der Waals surface area contributed by atoms with Gasteiger partial charge in [0.15, 0.2) is 11.0 Å². The Morgan fingerprint density at radius 1 is 1.53 bits per heavy atom. The van der Waals surface area contributed by atoms with Crippen molar-refractivity contribution in [3.63, 3.8) is 0 Å². The van der Waals surface area contributed by atoms with Gasteiger partial charge >= 0.3 is 0 Å². The van der Waals surface area contributed by atoms with Crippen molar-refractivity contribution in [1.82, 2.24) is 9.97 Å². The molecule has 0 saturated heterocycles. The van der Waals surface area contributed by atoms with Gasteiger partial charge in [-0.1, -0.05) is 30.1 Å². The zero-order valence-corrected chi connectivity index (χ0v) is 11.0. The Balaban J connectivity index is 2.59. The highest BCUT2D eigenvalue weighted by Gasteiger charge is 2.13. The number of hydrogen-bond donors (Lipinski definition) is 1. The monoisotopic (exact) mass is 277 g/mol. The second kappa shape index (κ2) is 6.74. The van der Waals surface area contributed by atoms with Crippen molar-refractivity contribution < 1.29 is 9.53 Å². The summed E-state index contributed by atoms with van der Waals surface area (Å²) < 4.78 is 4.94. The number of aromatic nitrogens is 2. The quantitative estimate of drug-likeness (QED) is 0.840. The summed E-state index contributed by atoms with van der Waals surface area (Å²) in [6.45, 7) is 2.43. The fourth-order valence-electron chi connectivity index (χ4n) is 1.28. The molecule has 0 radical (unpaired) electrons. The molecule has 1 unspecified atom stereocenters. The third-order valence-electron chi connectivity index (χ3n) is 1.99. The van der Waals surface area contributed by atoms with Gasteiger partial charge in [-0.15, -0.1) is 0 Å². The van der Waals surface area contributed by atoms with E-state index in [0.29, 0.717) is 13.0 Å². The topological polar surface area (TPSA) is 64.1 Å². The van der Waals surface area contributed by atoms with Crippen molar-refractivity contribution in [3.05, 3.63) is 16.5 Å². The van der Waals surface area contributed by atoms with Gasteiger partial charge in [0.2, 0.25) is 5.91 Å².